The summed E-state index contributed by atoms with van der Waals surface area (Å²) < 4.78 is 0. The highest BCUT2D eigenvalue weighted by atomic mass is 79.9. The van der Waals surface area contributed by atoms with Gasteiger partial charge in [-0.1, -0.05) is 11.8 Å². The number of hydrogen-bond donors (Lipinski definition) is 2. The molecule has 1 aliphatic heterocycles. The molecule has 3 N–H and O–H groups in total. The van der Waals surface area contributed by atoms with Gasteiger partial charge in [0.05, 0.1) is 0 Å². The lowest BCUT2D eigenvalue weighted by Gasteiger charge is -2.12. The molecular weight excluding hydrogens is 238 g/mol. The molecule has 1 heterocycles. The Morgan fingerprint density at radius 1 is 1.58 bits per heavy atom. The molecule has 0 saturated carbocycles. The zero-order valence-corrected chi connectivity index (χ0v) is 9.46. The Morgan fingerprint density at radius 3 is 3.00 bits per heavy atom. The maximum atomic E-state index is 5.37. The van der Waals surface area contributed by atoms with Gasteiger partial charge in [0.25, 0.3) is 0 Å². The minimum atomic E-state index is 0. The molecule has 1 rings (SSSR count). The van der Waals surface area contributed by atoms with E-state index in [0.717, 1.165) is 37.0 Å². The highest BCUT2D eigenvalue weighted by molar-refractivity contribution is 8.13. The third-order valence-electron chi connectivity index (χ3n) is 1.45. The zero-order chi connectivity index (χ0) is 7.94. The molecule has 0 aromatic heterocycles. The summed E-state index contributed by atoms with van der Waals surface area (Å²) in [6.07, 6.45) is 2.24. The van der Waals surface area contributed by atoms with Crippen LogP contribution in [0.5, 0.6) is 0 Å². The third-order valence-corrected chi connectivity index (χ3v) is 2.49. The standard InChI is InChI=1S/C7H15N3S.BrH/c8-3-1-6-11-7-9-4-2-5-10-7;/h1-6,8H2,(H,9,10);1H/p-1. The topological polar surface area (TPSA) is 50.4 Å². The van der Waals surface area contributed by atoms with Crippen molar-refractivity contribution in [2.45, 2.75) is 12.8 Å². The number of aliphatic imine (C=N–C) groups is 1. The lowest BCUT2D eigenvalue weighted by molar-refractivity contribution is -0.00000242. The molecule has 0 unspecified atom stereocenters. The van der Waals surface area contributed by atoms with Gasteiger partial charge in [-0.15, -0.1) is 0 Å². The van der Waals surface area contributed by atoms with Crippen molar-refractivity contribution in [2.24, 2.45) is 10.7 Å². The fourth-order valence-electron chi connectivity index (χ4n) is 0.860. The number of halogens is 1. The molecule has 0 atom stereocenters. The van der Waals surface area contributed by atoms with Gasteiger partial charge in [0.1, 0.15) is 0 Å². The smallest absolute Gasteiger partial charge is 0.156 e. The monoisotopic (exact) mass is 252 g/mol. The first-order valence-corrected chi connectivity index (χ1v) is 5.03. The maximum absolute atomic E-state index is 5.37. The van der Waals surface area contributed by atoms with E-state index in [1.165, 1.54) is 6.42 Å². The lowest BCUT2D eigenvalue weighted by Crippen LogP contribution is -3.00. The molecule has 12 heavy (non-hydrogen) atoms. The second-order valence-corrected chi connectivity index (χ2v) is 3.54. The van der Waals surface area contributed by atoms with E-state index >= 15 is 0 Å². The molecule has 0 radical (unpaired) electrons. The number of thioether (sulfide) groups is 1. The summed E-state index contributed by atoms with van der Waals surface area (Å²) >= 11 is 1.78. The maximum Gasteiger partial charge on any atom is 0.156 e. The van der Waals surface area contributed by atoms with Crippen molar-refractivity contribution >= 4 is 16.9 Å². The van der Waals surface area contributed by atoms with Gasteiger partial charge in [-0.05, 0) is 19.4 Å². The van der Waals surface area contributed by atoms with Crippen molar-refractivity contribution in [3.05, 3.63) is 0 Å². The van der Waals surface area contributed by atoms with Crippen LogP contribution in [0, 0.1) is 0 Å². The first kappa shape index (κ1) is 12.3. The fourth-order valence-corrected chi connectivity index (χ4v) is 1.75. The zero-order valence-electron chi connectivity index (χ0n) is 7.05. The Bertz CT molecular complexity index is 141. The normalized spacial score (nSPS) is 15.9. The van der Waals surface area contributed by atoms with E-state index in [9.17, 15) is 0 Å². The van der Waals surface area contributed by atoms with Crippen molar-refractivity contribution in [2.75, 3.05) is 25.4 Å². The van der Waals surface area contributed by atoms with Crippen LogP contribution >= 0.6 is 11.8 Å². The van der Waals surface area contributed by atoms with Gasteiger partial charge >= 0.3 is 0 Å². The molecule has 0 bridgehead atoms. The molecule has 3 nitrogen and oxygen atoms in total. The number of rotatable bonds is 3. The van der Waals surface area contributed by atoms with Crippen LogP contribution in [0.4, 0.5) is 0 Å². The first-order valence-electron chi connectivity index (χ1n) is 4.04. The summed E-state index contributed by atoms with van der Waals surface area (Å²) in [7, 11) is 0. The molecule has 0 amide bonds. The van der Waals surface area contributed by atoms with Crippen molar-refractivity contribution in [3.63, 3.8) is 0 Å². The summed E-state index contributed by atoms with van der Waals surface area (Å²) in [5.41, 5.74) is 5.37. The molecule has 0 aliphatic carbocycles. The van der Waals surface area contributed by atoms with Crippen molar-refractivity contribution in [3.8, 4) is 0 Å². The molecule has 72 valence electrons. The van der Waals surface area contributed by atoms with Gasteiger partial charge < -0.3 is 28.0 Å². The Morgan fingerprint density at radius 2 is 2.42 bits per heavy atom. The van der Waals surface area contributed by atoms with E-state index in [1.807, 2.05) is 0 Å². The number of nitrogens with two attached hydrogens (primary N) is 1. The largest absolute Gasteiger partial charge is 1.00 e. The van der Waals surface area contributed by atoms with Gasteiger partial charge in [-0.2, -0.15) is 0 Å². The van der Waals surface area contributed by atoms with Crippen LogP contribution in [-0.2, 0) is 0 Å². The van der Waals surface area contributed by atoms with Gasteiger partial charge in [0, 0.05) is 18.8 Å². The van der Waals surface area contributed by atoms with Crippen molar-refractivity contribution < 1.29 is 17.0 Å². The molecule has 1 aliphatic rings. The average Bonchev–Trinajstić information content (AvgIpc) is 2.07. The number of nitrogens with zero attached hydrogens (tertiary/aromatic N) is 1. The predicted molar refractivity (Wildman–Crippen MR) is 51.1 cm³/mol. The molecular formula is C7H15BrN3S-. The van der Waals surface area contributed by atoms with Crippen LogP contribution in [0.3, 0.4) is 0 Å². The van der Waals surface area contributed by atoms with Crippen LogP contribution in [0.25, 0.3) is 0 Å². The van der Waals surface area contributed by atoms with Gasteiger partial charge in [-0.25, -0.2) is 0 Å². The SMILES string of the molecule is NCCCSC1=NCCCN1.[Br-]. The Hall–Kier alpha value is 0.260. The van der Waals surface area contributed by atoms with Crippen LogP contribution in [0.2, 0.25) is 0 Å². The molecule has 0 aromatic carbocycles. The van der Waals surface area contributed by atoms with Gasteiger partial charge in [-0.3, -0.25) is 4.99 Å². The number of amidine groups is 1. The third kappa shape index (κ3) is 5.00. The van der Waals surface area contributed by atoms with Gasteiger partial charge in [0.15, 0.2) is 5.17 Å². The second kappa shape index (κ2) is 7.89. The Kier molecular flexibility index (Phi) is 8.06. The molecule has 5 heteroatoms. The van der Waals surface area contributed by atoms with Crippen molar-refractivity contribution in [1.29, 1.82) is 0 Å². The quantitative estimate of drug-likeness (QED) is 0.543. The number of nitrogens with one attached hydrogen (secondary N) is 1. The Balaban J connectivity index is 0.00000121. The number of hydrogen-bond acceptors (Lipinski definition) is 4. The second-order valence-electron chi connectivity index (χ2n) is 2.46. The average molecular weight is 253 g/mol. The van der Waals surface area contributed by atoms with Crippen LogP contribution < -0.4 is 28.0 Å². The summed E-state index contributed by atoms with van der Waals surface area (Å²) in [5.74, 6) is 1.09. The highest BCUT2D eigenvalue weighted by Crippen LogP contribution is 2.06. The predicted octanol–water partition coefficient (Wildman–Crippen LogP) is -2.58. The van der Waals surface area contributed by atoms with E-state index in [-0.39, 0.29) is 17.0 Å². The summed E-state index contributed by atoms with van der Waals surface area (Å²) in [5, 5.41) is 4.35. The van der Waals surface area contributed by atoms with E-state index < -0.39 is 0 Å². The summed E-state index contributed by atoms with van der Waals surface area (Å²) in [4.78, 5) is 4.33. The lowest BCUT2D eigenvalue weighted by atomic mass is 10.4. The molecule has 0 saturated heterocycles. The summed E-state index contributed by atoms with van der Waals surface area (Å²) in [6.45, 7) is 2.84. The fraction of sp³-hybridized carbons (Fsp3) is 0.857. The van der Waals surface area contributed by atoms with Crippen LogP contribution in [0.15, 0.2) is 4.99 Å². The van der Waals surface area contributed by atoms with Crippen LogP contribution in [0.1, 0.15) is 12.8 Å². The highest BCUT2D eigenvalue weighted by Gasteiger charge is 2.02. The minimum absolute atomic E-state index is 0. The minimum Gasteiger partial charge on any atom is -1.00 e. The van der Waals surface area contributed by atoms with E-state index in [1.54, 1.807) is 11.8 Å². The molecule has 0 aromatic rings. The van der Waals surface area contributed by atoms with Gasteiger partial charge in [0.2, 0.25) is 0 Å². The summed E-state index contributed by atoms with van der Waals surface area (Å²) in [6, 6.07) is 0. The Labute approximate surface area is 88.3 Å². The van der Waals surface area contributed by atoms with E-state index in [2.05, 4.69) is 10.3 Å². The molecule has 0 fully saturated rings. The first-order chi connectivity index (χ1) is 5.43. The van der Waals surface area contributed by atoms with E-state index in [4.69, 9.17) is 5.73 Å². The van der Waals surface area contributed by atoms with E-state index in [0.29, 0.717) is 0 Å². The van der Waals surface area contributed by atoms with Crippen LogP contribution in [-0.4, -0.2) is 30.6 Å². The molecule has 0 spiro atoms. The van der Waals surface area contributed by atoms with Crippen molar-refractivity contribution in [1.82, 2.24) is 5.32 Å².